The van der Waals surface area contributed by atoms with E-state index in [0.29, 0.717) is 16.0 Å². The van der Waals surface area contributed by atoms with Gasteiger partial charge in [0.05, 0.1) is 4.47 Å². The molecule has 106 valence electrons. The van der Waals surface area contributed by atoms with Crippen LogP contribution in [0.2, 0.25) is 0 Å². The largest absolute Gasteiger partial charge is 0.373 e. The Bertz CT molecular complexity index is 631. The SMILES string of the molecule is CCc1nc(NC)c(C)c(Nc2ccc(Br)c(F)c2)n1. The summed E-state index contributed by atoms with van der Waals surface area (Å²) in [5, 5.41) is 6.18. The normalized spacial score (nSPS) is 10.4. The van der Waals surface area contributed by atoms with Crippen LogP contribution < -0.4 is 10.6 Å². The first-order valence-electron chi connectivity index (χ1n) is 6.32. The number of aromatic nitrogens is 2. The molecule has 0 amide bonds. The third-order valence-electron chi connectivity index (χ3n) is 2.93. The molecule has 0 aliphatic heterocycles. The first-order chi connectivity index (χ1) is 9.55. The Morgan fingerprint density at radius 1 is 1.25 bits per heavy atom. The van der Waals surface area contributed by atoms with Gasteiger partial charge in [-0.25, -0.2) is 14.4 Å². The number of hydrogen-bond donors (Lipinski definition) is 2. The number of benzene rings is 1. The summed E-state index contributed by atoms with van der Waals surface area (Å²) in [6.07, 6.45) is 0.734. The molecule has 0 saturated heterocycles. The van der Waals surface area contributed by atoms with Crippen molar-refractivity contribution in [1.82, 2.24) is 9.97 Å². The van der Waals surface area contributed by atoms with Crippen LogP contribution >= 0.6 is 15.9 Å². The lowest BCUT2D eigenvalue weighted by atomic mass is 10.2. The summed E-state index contributed by atoms with van der Waals surface area (Å²) in [4.78, 5) is 8.85. The average Bonchev–Trinajstić information content (AvgIpc) is 2.45. The van der Waals surface area contributed by atoms with E-state index in [-0.39, 0.29) is 5.82 Å². The maximum Gasteiger partial charge on any atom is 0.139 e. The number of halogens is 2. The van der Waals surface area contributed by atoms with E-state index in [9.17, 15) is 4.39 Å². The predicted molar refractivity (Wildman–Crippen MR) is 83.1 cm³/mol. The topological polar surface area (TPSA) is 49.8 Å². The van der Waals surface area contributed by atoms with Gasteiger partial charge >= 0.3 is 0 Å². The van der Waals surface area contributed by atoms with Crippen molar-refractivity contribution in [2.45, 2.75) is 20.3 Å². The third kappa shape index (κ3) is 3.07. The summed E-state index contributed by atoms with van der Waals surface area (Å²) in [5.74, 6) is 1.88. The van der Waals surface area contributed by atoms with Crippen LogP contribution in [-0.2, 0) is 6.42 Å². The van der Waals surface area contributed by atoms with E-state index in [0.717, 1.165) is 23.6 Å². The minimum atomic E-state index is -0.314. The Hall–Kier alpha value is -1.69. The number of anilines is 3. The molecule has 0 spiro atoms. The van der Waals surface area contributed by atoms with Crippen LogP contribution in [0.15, 0.2) is 22.7 Å². The lowest BCUT2D eigenvalue weighted by molar-refractivity contribution is 0.622. The molecule has 0 fully saturated rings. The Morgan fingerprint density at radius 3 is 2.55 bits per heavy atom. The Morgan fingerprint density at radius 2 is 1.95 bits per heavy atom. The summed E-state index contributed by atoms with van der Waals surface area (Å²) in [6.45, 7) is 3.91. The highest BCUT2D eigenvalue weighted by atomic mass is 79.9. The summed E-state index contributed by atoms with van der Waals surface area (Å²) < 4.78 is 14.0. The lowest BCUT2D eigenvalue weighted by Gasteiger charge is -2.13. The molecule has 2 rings (SSSR count). The summed E-state index contributed by atoms with van der Waals surface area (Å²) in [7, 11) is 1.82. The molecule has 2 aromatic rings. The highest BCUT2D eigenvalue weighted by Gasteiger charge is 2.10. The Balaban J connectivity index is 2.39. The molecule has 0 saturated carbocycles. The van der Waals surface area contributed by atoms with Gasteiger partial charge in [-0.3, -0.25) is 0 Å². The molecule has 0 aliphatic carbocycles. The molecule has 1 aromatic heterocycles. The first-order valence-corrected chi connectivity index (χ1v) is 7.11. The zero-order valence-corrected chi connectivity index (χ0v) is 13.2. The highest BCUT2D eigenvalue weighted by molar-refractivity contribution is 9.10. The van der Waals surface area contributed by atoms with Crippen LogP contribution in [0, 0.1) is 12.7 Å². The number of nitrogens with zero attached hydrogens (tertiary/aromatic N) is 2. The van der Waals surface area contributed by atoms with E-state index in [4.69, 9.17) is 0 Å². The van der Waals surface area contributed by atoms with Gasteiger partial charge in [0.2, 0.25) is 0 Å². The van der Waals surface area contributed by atoms with Crippen molar-refractivity contribution in [3.05, 3.63) is 39.9 Å². The Kier molecular flexibility index (Phi) is 4.54. The standard InChI is InChI=1S/C14H16BrFN4/c1-4-12-19-13(17-3)8(2)14(20-12)18-9-5-6-10(15)11(16)7-9/h5-7H,4H2,1-3H3,(H2,17,18,19,20). The van der Waals surface area contributed by atoms with E-state index in [2.05, 4.69) is 36.5 Å². The van der Waals surface area contributed by atoms with Gasteiger partial charge in [-0.2, -0.15) is 0 Å². The maximum absolute atomic E-state index is 13.5. The minimum absolute atomic E-state index is 0.314. The van der Waals surface area contributed by atoms with Gasteiger partial charge in [0.25, 0.3) is 0 Å². The minimum Gasteiger partial charge on any atom is -0.373 e. The van der Waals surface area contributed by atoms with Gasteiger partial charge in [0, 0.05) is 24.7 Å². The predicted octanol–water partition coefficient (Wildman–Crippen LogP) is 4.03. The molecule has 0 radical (unpaired) electrons. The van der Waals surface area contributed by atoms with E-state index >= 15 is 0 Å². The fraction of sp³-hybridized carbons (Fsp3) is 0.286. The van der Waals surface area contributed by atoms with Crippen molar-refractivity contribution in [3.8, 4) is 0 Å². The van der Waals surface area contributed by atoms with E-state index < -0.39 is 0 Å². The monoisotopic (exact) mass is 338 g/mol. The molecule has 2 N–H and O–H groups in total. The van der Waals surface area contributed by atoms with Crippen LogP contribution in [-0.4, -0.2) is 17.0 Å². The summed E-state index contributed by atoms with van der Waals surface area (Å²) in [5.41, 5.74) is 1.55. The highest BCUT2D eigenvalue weighted by Crippen LogP contribution is 2.25. The molecule has 0 unspecified atom stereocenters. The van der Waals surface area contributed by atoms with Crippen molar-refractivity contribution in [1.29, 1.82) is 0 Å². The molecular weight excluding hydrogens is 323 g/mol. The van der Waals surface area contributed by atoms with Crippen LogP contribution in [0.4, 0.5) is 21.7 Å². The van der Waals surface area contributed by atoms with Gasteiger partial charge in [0.1, 0.15) is 23.3 Å². The van der Waals surface area contributed by atoms with Crippen molar-refractivity contribution < 1.29 is 4.39 Å². The quantitative estimate of drug-likeness (QED) is 0.883. The van der Waals surface area contributed by atoms with E-state index in [1.54, 1.807) is 12.1 Å². The molecule has 1 aromatic carbocycles. The van der Waals surface area contributed by atoms with Crippen molar-refractivity contribution in [3.63, 3.8) is 0 Å². The maximum atomic E-state index is 13.5. The van der Waals surface area contributed by atoms with Crippen molar-refractivity contribution >= 4 is 33.3 Å². The van der Waals surface area contributed by atoms with Crippen molar-refractivity contribution in [2.75, 3.05) is 17.7 Å². The van der Waals surface area contributed by atoms with Gasteiger partial charge < -0.3 is 10.6 Å². The van der Waals surface area contributed by atoms with Crippen LogP contribution in [0.25, 0.3) is 0 Å². The van der Waals surface area contributed by atoms with E-state index in [1.165, 1.54) is 6.07 Å². The summed E-state index contributed by atoms with van der Waals surface area (Å²) in [6, 6.07) is 4.88. The second kappa shape index (κ2) is 6.17. The zero-order valence-electron chi connectivity index (χ0n) is 11.6. The lowest BCUT2D eigenvalue weighted by Crippen LogP contribution is -2.06. The molecule has 20 heavy (non-hydrogen) atoms. The fourth-order valence-electron chi connectivity index (χ4n) is 1.80. The number of aryl methyl sites for hydroxylation is 1. The van der Waals surface area contributed by atoms with Crippen LogP contribution in [0.3, 0.4) is 0 Å². The fourth-order valence-corrected chi connectivity index (χ4v) is 2.04. The second-order valence-corrected chi connectivity index (χ2v) is 5.17. The molecular formula is C14H16BrFN4. The molecule has 0 aliphatic rings. The number of hydrogen-bond acceptors (Lipinski definition) is 4. The van der Waals surface area contributed by atoms with Gasteiger partial charge in [-0.1, -0.05) is 6.92 Å². The first kappa shape index (κ1) is 14.7. The number of rotatable bonds is 4. The molecule has 6 heteroatoms. The second-order valence-electron chi connectivity index (χ2n) is 4.32. The van der Waals surface area contributed by atoms with Gasteiger partial charge in [0.15, 0.2) is 0 Å². The number of nitrogens with one attached hydrogen (secondary N) is 2. The average molecular weight is 339 g/mol. The smallest absolute Gasteiger partial charge is 0.139 e. The molecule has 1 heterocycles. The Labute approximate surface area is 126 Å². The van der Waals surface area contributed by atoms with Crippen LogP contribution in [0.1, 0.15) is 18.3 Å². The zero-order chi connectivity index (χ0) is 14.7. The van der Waals surface area contributed by atoms with Crippen molar-refractivity contribution in [2.24, 2.45) is 0 Å². The van der Waals surface area contributed by atoms with Gasteiger partial charge in [-0.15, -0.1) is 0 Å². The third-order valence-corrected chi connectivity index (χ3v) is 3.57. The summed E-state index contributed by atoms with van der Waals surface area (Å²) >= 11 is 3.14. The van der Waals surface area contributed by atoms with Crippen LogP contribution in [0.5, 0.6) is 0 Å². The molecule has 4 nitrogen and oxygen atoms in total. The molecule has 0 atom stereocenters. The van der Waals surface area contributed by atoms with E-state index in [1.807, 2.05) is 20.9 Å². The molecule has 0 bridgehead atoms. The van der Waals surface area contributed by atoms with Gasteiger partial charge in [-0.05, 0) is 41.1 Å².